The van der Waals surface area contributed by atoms with Gasteiger partial charge in [0.2, 0.25) is 0 Å². The van der Waals surface area contributed by atoms with Crippen LogP contribution in [0.1, 0.15) is 33.8 Å². The summed E-state index contributed by atoms with van der Waals surface area (Å²) in [7, 11) is 0. The first-order valence-corrected chi connectivity index (χ1v) is 6.94. The second-order valence-corrected chi connectivity index (χ2v) is 5.17. The van der Waals surface area contributed by atoms with Crippen LogP contribution in [-0.2, 0) is 4.74 Å². The highest BCUT2D eigenvalue weighted by Crippen LogP contribution is 2.24. The largest absolute Gasteiger partial charge is 0.377 e. The molecule has 0 spiro atoms. The fraction of sp³-hybridized carbons (Fsp3) is 0.429. The average Bonchev–Trinajstić information content (AvgIpc) is 2.92. The van der Waals surface area contributed by atoms with Crippen molar-refractivity contribution in [2.24, 2.45) is 0 Å². The standard InChI is InChI=1S/C14H16N4O4/c1-8-5-11(17-22-8)14(20)18-3-4-21-7-12(18)10-6-13(19)16-9(2)15-10/h5-6,12H,3-4,7H2,1-2H3,(H,15,16,19). The van der Waals surface area contributed by atoms with E-state index in [0.29, 0.717) is 37.0 Å². The highest BCUT2D eigenvalue weighted by atomic mass is 16.5. The molecular formula is C14H16N4O4. The lowest BCUT2D eigenvalue weighted by Gasteiger charge is -2.34. The van der Waals surface area contributed by atoms with Crippen molar-refractivity contribution in [1.82, 2.24) is 20.0 Å². The first-order chi connectivity index (χ1) is 10.5. The van der Waals surface area contributed by atoms with Gasteiger partial charge in [0.15, 0.2) is 5.69 Å². The molecule has 1 saturated heterocycles. The highest BCUT2D eigenvalue weighted by molar-refractivity contribution is 5.92. The third-order valence-corrected chi connectivity index (χ3v) is 3.46. The van der Waals surface area contributed by atoms with E-state index in [2.05, 4.69) is 15.1 Å². The van der Waals surface area contributed by atoms with Gasteiger partial charge in [-0.2, -0.15) is 0 Å². The summed E-state index contributed by atoms with van der Waals surface area (Å²) >= 11 is 0. The number of hydrogen-bond donors (Lipinski definition) is 1. The first-order valence-electron chi connectivity index (χ1n) is 6.94. The topological polar surface area (TPSA) is 101 Å². The molecule has 2 aromatic heterocycles. The van der Waals surface area contributed by atoms with Crippen LogP contribution in [0.15, 0.2) is 21.5 Å². The molecule has 8 nitrogen and oxygen atoms in total. The van der Waals surface area contributed by atoms with E-state index in [0.717, 1.165) is 0 Å². The molecular weight excluding hydrogens is 288 g/mol. The molecule has 22 heavy (non-hydrogen) atoms. The van der Waals surface area contributed by atoms with Crippen molar-refractivity contribution in [3.8, 4) is 0 Å². The SMILES string of the molecule is Cc1nc(C2COCCN2C(=O)c2cc(C)on2)cc(=O)[nH]1. The monoisotopic (exact) mass is 304 g/mol. The van der Waals surface area contributed by atoms with Crippen molar-refractivity contribution in [3.05, 3.63) is 45.5 Å². The van der Waals surface area contributed by atoms with Gasteiger partial charge in [-0.1, -0.05) is 5.16 Å². The average molecular weight is 304 g/mol. The zero-order valence-corrected chi connectivity index (χ0v) is 12.3. The summed E-state index contributed by atoms with van der Waals surface area (Å²) < 4.78 is 10.4. The number of carbonyl (C=O) groups excluding carboxylic acids is 1. The summed E-state index contributed by atoms with van der Waals surface area (Å²) in [5.74, 6) is 0.806. The van der Waals surface area contributed by atoms with E-state index < -0.39 is 6.04 Å². The molecule has 8 heteroatoms. The molecule has 2 aromatic rings. The number of aromatic amines is 1. The van der Waals surface area contributed by atoms with Gasteiger partial charge in [-0.3, -0.25) is 9.59 Å². The number of H-pyrrole nitrogens is 1. The van der Waals surface area contributed by atoms with Gasteiger partial charge < -0.3 is 19.1 Å². The number of rotatable bonds is 2. The molecule has 116 valence electrons. The third-order valence-electron chi connectivity index (χ3n) is 3.46. The molecule has 1 atom stereocenters. The predicted octanol–water partition coefficient (Wildman–Crippen LogP) is 0.588. The number of amides is 1. The van der Waals surface area contributed by atoms with Crippen molar-refractivity contribution in [2.45, 2.75) is 19.9 Å². The first kappa shape index (κ1) is 14.5. The van der Waals surface area contributed by atoms with Crippen molar-refractivity contribution < 1.29 is 14.1 Å². The van der Waals surface area contributed by atoms with E-state index in [9.17, 15) is 9.59 Å². The fourth-order valence-corrected chi connectivity index (χ4v) is 2.48. The van der Waals surface area contributed by atoms with Crippen molar-refractivity contribution >= 4 is 5.91 Å². The molecule has 1 unspecified atom stereocenters. The molecule has 0 aliphatic carbocycles. The van der Waals surface area contributed by atoms with Crippen LogP contribution in [0.3, 0.4) is 0 Å². The lowest BCUT2D eigenvalue weighted by atomic mass is 10.1. The van der Waals surface area contributed by atoms with Gasteiger partial charge in [-0.05, 0) is 13.8 Å². The van der Waals surface area contributed by atoms with E-state index in [1.807, 2.05) is 0 Å². The molecule has 0 aromatic carbocycles. The Hall–Kier alpha value is -2.48. The Bertz CT molecular complexity index is 751. The molecule has 1 aliphatic heterocycles. The molecule has 0 bridgehead atoms. The summed E-state index contributed by atoms with van der Waals surface area (Å²) in [6.45, 7) is 4.55. The van der Waals surface area contributed by atoms with Crippen LogP contribution in [0.2, 0.25) is 0 Å². The molecule has 3 rings (SSSR count). The van der Waals surface area contributed by atoms with Crippen molar-refractivity contribution in [2.75, 3.05) is 19.8 Å². The minimum absolute atomic E-state index is 0.242. The van der Waals surface area contributed by atoms with Crippen molar-refractivity contribution in [3.63, 3.8) is 0 Å². The number of carbonyl (C=O) groups is 1. The van der Waals surface area contributed by atoms with Gasteiger partial charge in [-0.25, -0.2) is 4.98 Å². The zero-order chi connectivity index (χ0) is 15.7. The Morgan fingerprint density at radius 1 is 1.41 bits per heavy atom. The van der Waals surface area contributed by atoms with Gasteiger partial charge in [0.25, 0.3) is 11.5 Å². The van der Waals surface area contributed by atoms with Crippen LogP contribution in [0.25, 0.3) is 0 Å². The Morgan fingerprint density at radius 3 is 2.91 bits per heavy atom. The summed E-state index contributed by atoms with van der Waals surface area (Å²) in [6, 6.07) is 2.56. The van der Waals surface area contributed by atoms with Gasteiger partial charge in [0, 0.05) is 18.7 Å². The molecule has 0 radical (unpaired) electrons. The Kier molecular flexibility index (Phi) is 3.76. The third kappa shape index (κ3) is 2.77. The second kappa shape index (κ2) is 5.72. The summed E-state index contributed by atoms with van der Waals surface area (Å²) in [5, 5.41) is 3.76. The number of aryl methyl sites for hydroxylation is 2. The lowest BCUT2D eigenvalue weighted by molar-refractivity contribution is -0.00451. The van der Waals surface area contributed by atoms with Crippen molar-refractivity contribution in [1.29, 1.82) is 0 Å². The maximum atomic E-state index is 12.6. The van der Waals surface area contributed by atoms with E-state index in [1.165, 1.54) is 6.07 Å². The minimum atomic E-state index is -0.417. The van der Waals surface area contributed by atoms with Crippen LogP contribution in [0.5, 0.6) is 0 Å². The predicted molar refractivity (Wildman–Crippen MR) is 75.4 cm³/mol. The molecule has 1 aliphatic rings. The molecule has 1 amide bonds. The lowest BCUT2D eigenvalue weighted by Crippen LogP contribution is -2.44. The Morgan fingerprint density at radius 2 is 2.23 bits per heavy atom. The van der Waals surface area contributed by atoms with Crippen LogP contribution < -0.4 is 5.56 Å². The van der Waals surface area contributed by atoms with E-state index >= 15 is 0 Å². The molecule has 3 heterocycles. The highest BCUT2D eigenvalue weighted by Gasteiger charge is 2.32. The Balaban J connectivity index is 1.94. The quantitative estimate of drug-likeness (QED) is 0.871. The Labute approximate surface area is 126 Å². The maximum Gasteiger partial charge on any atom is 0.276 e. The summed E-state index contributed by atoms with van der Waals surface area (Å²) in [4.78, 5) is 32.8. The summed E-state index contributed by atoms with van der Waals surface area (Å²) in [5.41, 5.74) is 0.498. The van der Waals surface area contributed by atoms with E-state index in [4.69, 9.17) is 9.26 Å². The number of aromatic nitrogens is 3. The van der Waals surface area contributed by atoms with Crippen LogP contribution in [-0.4, -0.2) is 45.7 Å². The van der Waals surface area contributed by atoms with Crippen LogP contribution >= 0.6 is 0 Å². The van der Waals surface area contributed by atoms with Gasteiger partial charge in [-0.15, -0.1) is 0 Å². The fourth-order valence-electron chi connectivity index (χ4n) is 2.48. The molecule has 1 N–H and O–H groups in total. The van der Waals surface area contributed by atoms with Crippen LogP contribution in [0, 0.1) is 13.8 Å². The van der Waals surface area contributed by atoms with Gasteiger partial charge in [0.1, 0.15) is 11.6 Å². The zero-order valence-electron chi connectivity index (χ0n) is 12.3. The minimum Gasteiger partial charge on any atom is -0.377 e. The number of hydrogen-bond acceptors (Lipinski definition) is 6. The van der Waals surface area contributed by atoms with E-state index in [-0.39, 0.29) is 17.2 Å². The maximum absolute atomic E-state index is 12.6. The van der Waals surface area contributed by atoms with E-state index in [1.54, 1.807) is 24.8 Å². The normalized spacial score (nSPS) is 18.5. The number of nitrogens with zero attached hydrogens (tertiary/aromatic N) is 3. The summed E-state index contributed by atoms with van der Waals surface area (Å²) in [6.07, 6.45) is 0. The number of nitrogens with one attached hydrogen (secondary N) is 1. The van der Waals surface area contributed by atoms with Gasteiger partial charge in [0.05, 0.1) is 24.9 Å². The van der Waals surface area contributed by atoms with Gasteiger partial charge >= 0.3 is 0 Å². The smallest absolute Gasteiger partial charge is 0.276 e. The number of ether oxygens (including phenoxy) is 1. The van der Waals surface area contributed by atoms with Crippen LogP contribution in [0.4, 0.5) is 0 Å². The molecule has 0 saturated carbocycles. The number of morpholine rings is 1. The second-order valence-electron chi connectivity index (χ2n) is 5.17. The molecule has 1 fully saturated rings.